The third-order valence-electron chi connectivity index (χ3n) is 8.01. The number of thioether (sulfide) groups is 1. The average molecular weight is 749 g/mol. The summed E-state index contributed by atoms with van der Waals surface area (Å²) in [5.74, 6) is -4.50. The topological polar surface area (TPSA) is 342 Å². The normalized spacial score (nSPS) is 17.7. The molecule has 1 fully saturated rings. The van der Waals surface area contributed by atoms with Crippen molar-refractivity contribution in [3.63, 3.8) is 0 Å². The average Bonchev–Trinajstić information content (AvgIpc) is 3.63. The zero-order valence-electron chi connectivity index (χ0n) is 27.2. The molecule has 2 aliphatic rings. The van der Waals surface area contributed by atoms with Gasteiger partial charge in [-0.1, -0.05) is 5.16 Å². The summed E-state index contributed by atoms with van der Waals surface area (Å²) in [6.07, 6.45) is 1.51. The number of aromatic nitrogens is 4. The van der Waals surface area contributed by atoms with E-state index in [1.807, 2.05) is 0 Å². The van der Waals surface area contributed by atoms with Gasteiger partial charge in [-0.25, -0.2) is 9.59 Å². The van der Waals surface area contributed by atoms with E-state index in [0.29, 0.717) is 5.57 Å². The number of hydrogen-bond donors (Lipinski definition) is 9. The molecule has 0 spiro atoms. The summed E-state index contributed by atoms with van der Waals surface area (Å²) in [5, 5.41) is 30.6. The highest BCUT2D eigenvalue weighted by Crippen LogP contribution is 2.40. The zero-order chi connectivity index (χ0) is 37.5. The minimum atomic E-state index is -1.84. The summed E-state index contributed by atoms with van der Waals surface area (Å²) < 4.78 is 6.96. The maximum Gasteiger partial charge on any atom is 0.352 e. The molecule has 4 heterocycles. The van der Waals surface area contributed by atoms with E-state index in [4.69, 9.17) is 27.8 Å². The molecule has 5 rings (SSSR count). The van der Waals surface area contributed by atoms with Crippen LogP contribution in [0.4, 0.5) is 28.0 Å². The number of carbonyl (C=O) groups is 4. The van der Waals surface area contributed by atoms with Crippen molar-refractivity contribution >= 4 is 80.8 Å². The first kappa shape index (κ1) is 36.7. The van der Waals surface area contributed by atoms with Gasteiger partial charge in [-0.3, -0.25) is 24.1 Å². The molecule has 1 saturated heterocycles. The second-order valence-corrected chi connectivity index (χ2v) is 13.7. The van der Waals surface area contributed by atoms with Crippen molar-refractivity contribution in [1.82, 2.24) is 24.3 Å². The van der Waals surface area contributed by atoms with Crippen LogP contribution in [0, 0.1) is 0 Å². The van der Waals surface area contributed by atoms with Crippen LogP contribution in [-0.4, -0.2) is 101 Å². The van der Waals surface area contributed by atoms with Gasteiger partial charge in [0, 0.05) is 35.9 Å². The lowest BCUT2D eigenvalue weighted by atomic mass is 10.0. The molecular formula is C27H34N13O9S2+. The van der Waals surface area contributed by atoms with Crippen molar-refractivity contribution in [3.05, 3.63) is 43.7 Å². The van der Waals surface area contributed by atoms with Crippen molar-refractivity contribution < 1.29 is 38.9 Å². The molecule has 0 saturated carbocycles. The first-order chi connectivity index (χ1) is 24.0. The summed E-state index contributed by atoms with van der Waals surface area (Å²) in [5.41, 5.74) is 19.6. The zero-order valence-corrected chi connectivity index (χ0v) is 28.8. The number of anilines is 5. The largest absolute Gasteiger partial charge is 0.478 e. The summed E-state index contributed by atoms with van der Waals surface area (Å²) in [4.78, 5) is 85.3. The van der Waals surface area contributed by atoms with Crippen molar-refractivity contribution in [2.24, 2.45) is 23.7 Å². The number of oxime groups is 1. The lowest BCUT2D eigenvalue weighted by Crippen LogP contribution is -2.71. The Hall–Kier alpha value is -5.59. The Morgan fingerprint density at radius 2 is 1.82 bits per heavy atom. The van der Waals surface area contributed by atoms with Crippen molar-refractivity contribution in [2.75, 3.05) is 40.9 Å². The fourth-order valence-electron chi connectivity index (χ4n) is 4.99. The molecule has 24 heteroatoms. The van der Waals surface area contributed by atoms with Gasteiger partial charge in [0.1, 0.15) is 28.5 Å². The first-order valence-electron chi connectivity index (χ1n) is 14.9. The molecule has 0 bridgehead atoms. The Kier molecular flexibility index (Phi) is 10.0. The van der Waals surface area contributed by atoms with E-state index < -0.39 is 63.4 Å². The maximum atomic E-state index is 13.4. The molecule has 0 radical (unpaired) electrons. The standard InChI is InChI=1S/C27H33N13O9S2/c1-27(2,25(47)48)49-36-14(20-35-26(31)51-37-20)21(43)34-15-22(44)40-16(24(45)46)9(8-50-23(15)40)6-39-7-11(19(30)38(39)3)33-13-12(17(41)18(13)42)32-10(4-28)5-29/h7,10,15,23,30H,4-6,8,28-29H2,1-3H3,(H7,31,32,33,34,35,36,37,41,42,43,45,46,47,48)/p+1/t15-,23-/m1/s1. The van der Waals surface area contributed by atoms with Gasteiger partial charge >= 0.3 is 11.9 Å². The Morgan fingerprint density at radius 3 is 2.41 bits per heavy atom. The van der Waals surface area contributed by atoms with Gasteiger partial charge in [-0.05, 0) is 13.8 Å². The number of carboxylic acid groups (broad SMARTS) is 2. The molecule has 51 heavy (non-hydrogen) atoms. The van der Waals surface area contributed by atoms with Gasteiger partial charge in [0.25, 0.3) is 22.7 Å². The van der Waals surface area contributed by atoms with Crippen LogP contribution in [0.5, 0.6) is 0 Å². The number of β-lactam (4-membered cyclic amide) rings is 1. The fourth-order valence-corrected chi connectivity index (χ4v) is 6.76. The number of carbonyl (C=O) groups excluding carboxylic acids is 2. The lowest BCUT2D eigenvalue weighted by molar-refractivity contribution is -0.765. The number of hydrogen-bond acceptors (Lipinski definition) is 18. The van der Waals surface area contributed by atoms with Gasteiger partial charge in [0.15, 0.2) is 23.2 Å². The number of nitrogens with one attached hydrogen (secondary N) is 3. The van der Waals surface area contributed by atoms with Crippen molar-refractivity contribution in [1.29, 1.82) is 0 Å². The van der Waals surface area contributed by atoms with E-state index in [1.54, 1.807) is 11.7 Å². The Balaban J connectivity index is 1.35. The van der Waals surface area contributed by atoms with E-state index in [0.717, 1.165) is 16.4 Å². The monoisotopic (exact) mass is 748 g/mol. The third kappa shape index (κ3) is 6.80. The number of amides is 2. The van der Waals surface area contributed by atoms with Crippen LogP contribution in [0.3, 0.4) is 0 Å². The van der Waals surface area contributed by atoms with Crippen LogP contribution in [0.15, 0.2) is 32.2 Å². The van der Waals surface area contributed by atoms with Gasteiger partial charge in [-0.2, -0.15) is 9.36 Å². The minimum absolute atomic E-state index is 0.0150. The quantitative estimate of drug-likeness (QED) is 0.0238. The SMILES string of the molecule is Cn1c(N)c(Nc2c(NC(CN)CN)c(=O)c2=O)c[n+]1CC1=C(C(=O)O)N2C(=O)[C@@H](NC(=O)/C(=N\OC(C)(C)C(=O)O)c3nsc(N)n3)[C@H]2SC1. The number of nitrogens with zero attached hydrogens (tertiary/aromatic N) is 6. The molecule has 2 atom stereocenters. The van der Waals surface area contributed by atoms with Gasteiger partial charge in [0.2, 0.25) is 23.3 Å². The molecule has 0 unspecified atom stereocenters. The van der Waals surface area contributed by atoms with E-state index in [-0.39, 0.29) is 64.9 Å². The first-order valence-corrected chi connectivity index (χ1v) is 16.7. The number of carboxylic acids is 2. The van der Waals surface area contributed by atoms with Crippen molar-refractivity contribution in [2.45, 2.75) is 43.5 Å². The maximum absolute atomic E-state index is 13.4. The molecule has 13 N–H and O–H groups in total. The highest BCUT2D eigenvalue weighted by Gasteiger charge is 2.55. The number of aliphatic carboxylic acids is 2. The molecular weight excluding hydrogens is 715 g/mol. The number of nitrogen functional groups attached to an aromatic ring is 2. The molecule has 2 aliphatic heterocycles. The van der Waals surface area contributed by atoms with E-state index in [9.17, 15) is 39.0 Å². The van der Waals surface area contributed by atoms with Gasteiger partial charge < -0.3 is 53.9 Å². The Bertz CT molecular complexity index is 2060. The number of rotatable bonds is 15. The predicted molar refractivity (Wildman–Crippen MR) is 184 cm³/mol. The molecule has 1 aromatic carbocycles. The molecule has 3 aromatic rings. The predicted octanol–water partition coefficient (Wildman–Crippen LogP) is -3.61. The highest BCUT2D eigenvalue weighted by molar-refractivity contribution is 8.00. The Morgan fingerprint density at radius 1 is 1.16 bits per heavy atom. The second-order valence-electron chi connectivity index (χ2n) is 11.8. The summed E-state index contributed by atoms with van der Waals surface area (Å²) in [6.45, 7) is 2.58. The second kappa shape index (κ2) is 14.0. The van der Waals surface area contributed by atoms with Crippen LogP contribution in [0.1, 0.15) is 19.7 Å². The van der Waals surface area contributed by atoms with E-state index >= 15 is 0 Å². The minimum Gasteiger partial charge on any atom is -0.478 e. The van der Waals surface area contributed by atoms with Gasteiger partial charge in [-0.15, -0.1) is 21.1 Å². The number of nitrogens with two attached hydrogens (primary N) is 4. The molecule has 2 amide bonds. The lowest BCUT2D eigenvalue weighted by Gasteiger charge is -2.49. The summed E-state index contributed by atoms with van der Waals surface area (Å²) in [6, 6.07) is -1.65. The summed E-state index contributed by atoms with van der Waals surface area (Å²) >= 11 is 1.92. The number of fused-ring (bicyclic) bond motifs is 1. The van der Waals surface area contributed by atoms with Crippen LogP contribution >= 0.6 is 23.3 Å². The fraction of sp³-hybridized carbons (Fsp3) is 0.407. The van der Waals surface area contributed by atoms with Crippen LogP contribution in [-0.2, 0) is 37.6 Å². The van der Waals surface area contributed by atoms with Crippen LogP contribution in [0.25, 0.3) is 0 Å². The van der Waals surface area contributed by atoms with Crippen LogP contribution < -0.4 is 54.4 Å². The van der Waals surface area contributed by atoms with Gasteiger partial charge in [0.05, 0.1) is 13.1 Å². The van der Waals surface area contributed by atoms with Crippen molar-refractivity contribution in [3.8, 4) is 0 Å². The van der Waals surface area contributed by atoms with E-state index in [2.05, 4.69) is 30.5 Å². The summed E-state index contributed by atoms with van der Waals surface area (Å²) in [7, 11) is 1.59. The molecule has 0 aliphatic carbocycles. The molecule has 2 aromatic heterocycles. The molecule has 22 nitrogen and oxygen atoms in total. The third-order valence-corrected chi connectivity index (χ3v) is 9.90. The molecule has 272 valence electrons. The van der Waals surface area contributed by atoms with E-state index in [1.165, 1.54) is 36.5 Å². The smallest absolute Gasteiger partial charge is 0.352 e. The van der Waals surface area contributed by atoms with Crippen LogP contribution in [0.2, 0.25) is 0 Å². The highest BCUT2D eigenvalue weighted by atomic mass is 32.2. The Labute approximate surface area is 295 Å².